The van der Waals surface area contributed by atoms with Crippen molar-refractivity contribution in [2.24, 2.45) is 0 Å². The minimum atomic E-state index is -4.61. The fourth-order valence-corrected chi connectivity index (χ4v) is 3.48. The van der Waals surface area contributed by atoms with Gasteiger partial charge < -0.3 is 10.6 Å². The second-order valence-electron chi connectivity index (χ2n) is 6.55. The number of aromatic amines is 1. The van der Waals surface area contributed by atoms with E-state index in [1.165, 1.54) is 6.07 Å². The molecule has 4 rings (SSSR count). The van der Waals surface area contributed by atoms with Crippen molar-refractivity contribution in [3.63, 3.8) is 0 Å². The number of nitrogens with zero attached hydrogens (tertiary/aromatic N) is 3. The van der Waals surface area contributed by atoms with E-state index in [0.29, 0.717) is 22.9 Å². The minimum absolute atomic E-state index is 0.0587. The summed E-state index contributed by atoms with van der Waals surface area (Å²) in [5.41, 5.74) is 0.271. The minimum Gasteiger partial charge on any atom is -0.368 e. The zero-order chi connectivity index (χ0) is 22.0. The molecule has 4 aromatic rings. The van der Waals surface area contributed by atoms with E-state index in [-0.39, 0.29) is 23.2 Å². The molecule has 0 aliphatic heterocycles. The molecular formula is C20H15Cl2F3N6. The molecule has 31 heavy (non-hydrogen) atoms. The molecule has 0 saturated carbocycles. The van der Waals surface area contributed by atoms with Gasteiger partial charge in [0.2, 0.25) is 0 Å². The Hall–Kier alpha value is -3.04. The first-order valence-electron chi connectivity index (χ1n) is 9.13. The Morgan fingerprint density at radius 2 is 1.71 bits per heavy atom. The Kier molecular flexibility index (Phi) is 5.88. The standard InChI is InChI=1S/C20H15Cl2F3N6/c21-11-5-6-12(15(22)9-11)17-28-10-14(20(23,24)25)19(29-17)27-8-7-26-18-13-3-1-2-4-16(13)30-31-18/h1-6,9-10H,7-8H2,(H2,26,30,31)(H,27,28,29). The van der Waals surface area contributed by atoms with E-state index in [1.54, 1.807) is 12.1 Å². The van der Waals surface area contributed by atoms with Gasteiger partial charge >= 0.3 is 6.18 Å². The van der Waals surface area contributed by atoms with Crippen LogP contribution in [0.5, 0.6) is 0 Å². The summed E-state index contributed by atoms with van der Waals surface area (Å²) in [6.07, 6.45) is -3.87. The van der Waals surface area contributed by atoms with Gasteiger partial charge in [-0.15, -0.1) is 0 Å². The first-order chi connectivity index (χ1) is 14.8. The summed E-state index contributed by atoms with van der Waals surface area (Å²) >= 11 is 12.0. The highest BCUT2D eigenvalue weighted by Gasteiger charge is 2.35. The van der Waals surface area contributed by atoms with E-state index < -0.39 is 11.7 Å². The number of anilines is 2. The van der Waals surface area contributed by atoms with Crippen molar-refractivity contribution < 1.29 is 13.2 Å². The monoisotopic (exact) mass is 466 g/mol. The predicted octanol–water partition coefficient (Wildman–Crippen LogP) is 5.87. The molecule has 0 spiro atoms. The van der Waals surface area contributed by atoms with Crippen molar-refractivity contribution in [1.29, 1.82) is 0 Å². The van der Waals surface area contributed by atoms with Crippen LogP contribution in [0.4, 0.5) is 24.8 Å². The predicted molar refractivity (Wildman–Crippen MR) is 116 cm³/mol. The van der Waals surface area contributed by atoms with Gasteiger partial charge in [0.15, 0.2) is 11.6 Å². The molecule has 0 atom stereocenters. The van der Waals surface area contributed by atoms with Crippen LogP contribution in [0, 0.1) is 0 Å². The van der Waals surface area contributed by atoms with Gasteiger partial charge in [0.05, 0.1) is 10.5 Å². The van der Waals surface area contributed by atoms with Gasteiger partial charge in [0.25, 0.3) is 0 Å². The van der Waals surface area contributed by atoms with Crippen molar-refractivity contribution in [2.45, 2.75) is 6.18 Å². The molecular weight excluding hydrogens is 452 g/mol. The number of para-hydroxylation sites is 1. The van der Waals surface area contributed by atoms with Gasteiger partial charge in [-0.05, 0) is 30.3 Å². The summed E-state index contributed by atoms with van der Waals surface area (Å²) in [5, 5.41) is 14.4. The van der Waals surface area contributed by atoms with E-state index in [0.717, 1.165) is 17.1 Å². The lowest BCUT2D eigenvalue weighted by Gasteiger charge is -2.15. The highest BCUT2D eigenvalue weighted by Crippen LogP contribution is 2.35. The largest absolute Gasteiger partial charge is 0.421 e. The molecule has 160 valence electrons. The molecule has 0 radical (unpaired) electrons. The third-order valence-electron chi connectivity index (χ3n) is 4.45. The van der Waals surface area contributed by atoms with Crippen LogP contribution in [0.25, 0.3) is 22.3 Å². The van der Waals surface area contributed by atoms with Crippen LogP contribution in [0.1, 0.15) is 5.56 Å². The molecule has 11 heteroatoms. The van der Waals surface area contributed by atoms with Crippen molar-refractivity contribution in [3.05, 3.63) is 64.3 Å². The van der Waals surface area contributed by atoms with Crippen molar-refractivity contribution >= 4 is 45.7 Å². The van der Waals surface area contributed by atoms with Crippen molar-refractivity contribution in [2.75, 3.05) is 23.7 Å². The lowest BCUT2D eigenvalue weighted by Crippen LogP contribution is -2.19. The van der Waals surface area contributed by atoms with E-state index in [4.69, 9.17) is 23.2 Å². The Balaban J connectivity index is 1.52. The molecule has 3 N–H and O–H groups in total. The smallest absolute Gasteiger partial charge is 0.368 e. The number of hydrogen-bond acceptors (Lipinski definition) is 5. The third-order valence-corrected chi connectivity index (χ3v) is 4.99. The molecule has 6 nitrogen and oxygen atoms in total. The van der Waals surface area contributed by atoms with Gasteiger partial charge in [-0.3, -0.25) is 5.10 Å². The van der Waals surface area contributed by atoms with E-state index in [2.05, 4.69) is 30.8 Å². The maximum Gasteiger partial charge on any atom is 0.421 e. The summed E-state index contributed by atoms with van der Waals surface area (Å²) in [7, 11) is 0. The van der Waals surface area contributed by atoms with E-state index in [1.807, 2.05) is 24.3 Å². The van der Waals surface area contributed by atoms with Crippen LogP contribution in [0.15, 0.2) is 48.7 Å². The number of alkyl halides is 3. The van der Waals surface area contributed by atoms with Crippen LogP contribution in [-0.4, -0.2) is 33.3 Å². The molecule has 0 aliphatic rings. The molecule has 0 fully saturated rings. The summed E-state index contributed by atoms with van der Waals surface area (Å²) in [4.78, 5) is 7.91. The summed E-state index contributed by atoms with van der Waals surface area (Å²) in [6.45, 7) is 0.474. The van der Waals surface area contributed by atoms with Gasteiger partial charge in [0.1, 0.15) is 11.4 Å². The molecule has 2 aromatic carbocycles. The number of H-pyrrole nitrogens is 1. The molecule has 0 unspecified atom stereocenters. The maximum absolute atomic E-state index is 13.4. The Labute approximate surface area is 184 Å². The zero-order valence-electron chi connectivity index (χ0n) is 15.8. The SMILES string of the molecule is FC(F)(F)c1cnc(-c2ccc(Cl)cc2Cl)nc1NCCNc1n[nH]c2ccccc12. The van der Waals surface area contributed by atoms with Crippen molar-refractivity contribution in [3.8, 4) is 11.4 Å². The average Bonchev–Trinajstić information content (AvgIpc) is 3.13. The van der Waals surface area contributed by atoms with Crippen LogP contribution in [0.3, 0.4) is 0 Å². The van der Waals surface area contributed by atoms with Gasteiger partial charge in [-0.2, -0.15) is 18.3 Å². The second-order valence-corrected chi connectivity index (χ2v) is 7.39. The molecule has 0 amide bonds. The number of halogens is 5. The van der Waals surface area contributed by atoms with Crippen LogP contribution in [0.2, 0.25) is 10.0 Å². The Bertz CT molecular complexity index is 1230. The van der Waals surface area contributed by atoms with Gasteiger partial charge in [-0.25, -0.2) is 9.97 Å². The average molecular weight is 467 g/mol. The van der Waals surface area contributed by atoms with Gasteiger partial charge in [0, 0.05) is 35.3 Å². The van der Waals surface area contributed by atoms with Gasteiger partial charge in [-0.1, -0.05) is 35.3 Å². The number of rotatable bonds is 6. The highest BCUT2D eigenvalue weighted by atomic mass is 35.5. The fourth-order valence-electron chi connectivity index (χ4n) is 2.98. The second kappa shape index (κ2) is 8.60. The molecule has 0 saturated heterocycles. The number of fused-ring (bicyclic) bond motifs is 1. The summed E-state index contributed by atoms with van der Waals surface area (Å²) in [5.74, 6) is 0.338. The first kappa shape index (κ1) is 21.2. The lowest BCUT2D eigenvalue weighted by atomic mass is 10.2. The topological polar surface area (TPSA) is 78.5 Å². The summed E-state index contributed by atoms with van der Waals surface area (Å²) in [6, 6.07) is 12.1. The normalized spacial score (nSPS) is 11.6. The van der Waals surface area contributed by atoms with Crippen LogP contribution >= 0.6 is 23.2 Å². The number of aromatic nitrogens is 4. The summed E-state index contributed by atoms with van der Waals surface area (Å²) < 4.78 is 40.3. The number of hydrogen-bond donors (Lipinski definition) is 3. The molecule has 2 heterocycles. The fraction of sp³-hybridized carbons (Fsp3) is 0.150. The molecule has 0 aliphatic carbocycles. The number of benzene rings is 2. The molecule has 0 bridgehead atoms. The number of nitrogens with one attached hydrogen (secondary N) is 3. The van der Waals surface area contributed by atoms with Crippen molar-refractivity contribution in [1.82, 2.24) is 20.2 Å². The Morgan fingerprint density at radius 3 is 2.45 bits per heavy atom. The highest BCUT2D eigenvalue weighted by molar-refractivity contribution is 6.36. The lowest BCUT2D eigenvalue weighted by molar-refractivity contribution is -0.137. The quantitative estimate of drug-likeness (QED) is 0.309. The van der Waals surface area contributed by atoms with Crippen LogP contribution < -0.4 is 10.6 Å². The maximum atomic E-state index is 13.4. The van der Waals surface area contributed by atoms with Crippen LogP contribution in [-0.2, 0) is 6.18 Å². The Morgan fingerprint density at radius 1 is 0.968 bits per heavy atom. The first-order valence-corrected chi connectivity index (χ1v) is 9.89. The third kappa shape index (κ3) is 4.67. The zero-order valence-corrected chi connectivity index (χ0v) is 17.3. The van der Waals surface area contributed by atoms with E-state index >= 15 is 0 Å². The van der Waals surface area contributed by atoms with E-state index in [9.17, 15) is 13.2 Å². The molecule has 2 aromatic heterocycles.